The third-order valence-electron chi connectivity index (χ3n) is 10.5. The number of fused-ring (bicyclic) bond motifs is 14. The van der Waals surface area contributed by atoms with Crippen LogP contribution in [0, 0.1) is 0 Å². The lowest BCUT2D eigenvalue weighted by atomic mass is 9.81. The van der Waals surface area contributed by atoms with Crippen molar-refractivity contribution in [2.45, 2.75) is 0 Å². The predicted octanol–water partition coefficient (Wildman–Crippen LogP) is 12.3. The number of rotatable bonds is 2. The molecule has 3 aromatic heterocycles. The third kappa shape index (κ3) is 3.77. The minimum atomic E-state index is 1.02. The highest BCUT2D eigenvalue weighted by molar-refractivity contribution is 6.12. The minimum absolute atomic E-state index is 1.02. The summed E-state index contributed by atoms with van der Waals surface area (Å²) in [5.41, 5.74) is 18.0. The number of hydrogen-bond donors (Lipinski definition) is 0. The Balaban J connectivity index is 1.18. The van der Waals surface area contributed by atoms with Crippen LogP contribution >= 0.6 is 0 Å². The number of aromatic nitrogens is 3. The lowest BCUT2D eigenvalue weighted by molar-refractivity contribution is 1.16. The van der Waals surface area contributed by atoms with E-state index in [4.69, 9.17) is 4.98 Å². The van der Waals surface area contributed by atoms with Crippen molar-refractivity contribution in [2.75, 3.05) is 0 Å². The molecule has 0 N–H and O–H groups in total. The number of hydrogen-bond acceptors (Lipinski definition) is 1. The summed E-state index contributed by atoms with van der Waals surface area (Å²) in [5.74, 6) is 0. The topological polar surface area (TPSA) is 22.8 Å². The van der Waals surface area contributed by atoms with Crippen LogP contribution in [0.15, 0.2) is 176 Å². The van der Waals surface area contributed by atoms with Crippen molar-refractivity contribution >= 4 is 43.7 Å². The highest BCUT2D eigenvalue weighted by atomic mass is 15.0. The fourth-order valence-electron chi connectivity index (χ4n) is 8.43. The molecule has 3 heterocycles. The lowest BCUT2D eigenvalue weighted by Crippen LogP contribution is -2.00. The predicted molar refractivity (Wildman–Crippen MR) is 208 cm³/mol. The Bertz CT molecular complexity index is 2940. The van der Waals surface area contributed by atoms with Gasteiger partial charge in [0.25, 0.3) is 0 Å². The molecule has 0 saturated carbocycles. The largest absolute Gasteiger partial charge is 0.309 e. The molecule has 50 heavy (non-hydrogen) atoms. The quantitative estimate of drug-likeness (QED) is 0.185. The van der Waals surface area contributed by atoms with Gasteiger partial charge in [0.2, 0.25) is 0 Å². The molecule has 0 bridgehead atoms. The van der Waals surface area contributed by atoms with Crippen LogP contribution in [-0.4, -0.2) is 14.1 Å². The summed E-state index contributed by atoms with van der Waals surface area (Å²) < 4.78 is 4.78. The Hall–Kier alpha value is -6.71. The van der Waals surface area contributed by atoms with E-state index in [2.05, 4.69) is 173 Å². The Morgan fingerprint density at radius 3 is 1.40 bits per heavy atom. The average Bonchev–Trinajstić information content (AvgIpc) is 3.70. The first kappa shape index (κ1) is 27.3. The highest BCUT2D eigenvalue weighted by Gasteiger charge is 2.23. The molecule has 1 aliphatic rings. The van der Waals surface area contributed by atoms with Gasteiger partial charge in [0.1, 0.15) is 0 Å². The first-order valence-corrected chi connectivity index (χ1v) is 17.1. The van der Waals surface area contributed by atoms with Gasteiger partial charge in [0.15, 0.2) is 0 Å². The maximum atomic E-state index is 4.78. The maximum Gasteiger partial charge on any atom is 0.0963 e. The van der Waals surface area contributed by atoms with Gasteiger partial charge in [-0.2, -0.15) is 0 Å². The molecule has 0 unspecified atom stereocenters. The molecule has 0 radical (unpaired) electrons. The Kier molecular flexibility index (Phi) is 5.67. The van der Waals surface area contributed by atoms with Gasteiger partial charge < -0.3 is 9.13 Å². The SMILES string of the molecule is c1ccc2c(c1)-c1ccccc1-c1ccc(-n3c4ccccc4c4cc(-n5c6ccccc6c6ncccc65)ccc43)cc1-c1ccccc1-2. The third-order valence-corrected chi connectivity index (χ3v) is 10.5. The number of para-hydroxylation sites is 2. The zero-order valence-corrected chi connectivity index (χ0v) is 27.1. The summed E-state index contributed by atoms with van der Waals surface area (Å²) >= 11 is 0. The van der Waals surface area contributed by atoms with Crippen molar-refractivity contribution in [3.05, 3.63) is 176 Å². The Morgan fingerprint density at radius 2 is 0.740 bits per heavy atom. The van der Waals surface area contributed by atoms with E-state index in [0.717, 1.165) is 33.3 Å². The summed E-state index contributed by atoms with van der Waals surface area (Å²) in [6.07, 6.45) is 1.88. The Labute approximate surface area is 288 Å². The van der Waals surface area contributed by atoms with Crippen LogP contribution in [0.1, 0.15) is 0 Å². The molecular formula is C47H29N3. The van der Waals surface area contributed by atoms with Crippen LogP contribution in [0.2, 0.25) is 0 Å². The van der Waals surface area contributed by atoms with Gasteiger partial charge in [-0.3, -0.25) is 4.98 Å². The van der Waals surface area contributed by atoms with Gasteiger partial charge in [-0.15, -0.1) is 0 Å². The highest BCUT2D eigenvalue weighted by Crippen LogP contribution is 2.48. The van der Waals surface area contributed by atoms with Crippen molar-refractivity contribution in [1.29, 1.82) is 0 Å². The molecule has 11 rings (SSSR count). The smallest absolute Gasteiger partial charge is 0.0963 e. The summed E-state index contributed by atoms with van der Waals surface area (Å²) in [6.45, 7) is 0. The molecule has 0 aliphatic heterocycles. The second-order valence-electron chi connectivity index (χ2n) is 13.1. The summed E-state index contributed by atoms with van der Waals surface area (Å²) in [4.78, 5) is 4.78. The molecule has 1 aliphatic carbocycles. The van der Waals surface area contributed by atoms with Gasteiger partial charge in [0.05, 0.1) is 27.6 Å². The number of benzene rings is 7. The van der Waals surface area contributed by atoms with E-state index in [1.54, 1.807) is 0 Å². The van der Waals surface area contributed by atoms with Crippen molar-refractivity contribution in [1.82, 2.24) is 14.1 Å². The maximum absolute atomic E-state index is 4.78. The monoisotopic (exact) mass is 635 g/mol. The van der Waals surface area contributed by atoms with Crippen molar-refractivity contribution < 1.29 is 0 Å². The van der Waals surface area contributed by atoms with Crippen molar-refractivity contribution in [3.8, 4) is 55.9 Å². The van der Waals surface area contributed by atoms with Crippen molar-refractivity contribution in [2.24, 2.45) is 0 Å². The molecule has 3 heteroatoms. The second kappa shape index (κ2) is 10.4. The van der Waals surface area contributed by atoms with Crippen LogP contribution in [0.3, 0.4) is 0 Å². The molecular weight excluding hydrogens is 607 g/mol. The Morgan fingerprint density at radius 1 is 0.300 bits per heavy atom. The first-order chi connectivity index (χ1) is 24.8. The first-order valence-electron chi connectivity index (χ1n) is 17.1. The van der Waals surface area contributed by atoms with E-state index in [-0.39, 0.29) is 0 Å². The van der Waals surface area contributed by atoms with Crippen LogP contribution < -0.4 is 0 Å². The molecule has 232 valence electrons. The average molecular weight is 636 g/mol. The number of pyridine rings is 1. The zero-order chi connectivity index (χ0) is 32.8. The molecule has 7 aromatic carbocycles. The molecule has 10 aromatic rings. The lowest BCUT2D eigenvalue weighted by Gasteiger charge is -2.24. The molecule has 0 fully saturated rings. The van der Waals surface area contributed by atoms with Gasteiger partial charge in [-0.1, -0.05) is 115 Å². The van der Waals surface area contributed by atoms with Crippen LogP contribution in [-0.2, 0) is 0 Å². The van der Waals surface area contributed by atoms with Gasteiger partial charge >= 0.3 is 0 Å². The van der Waals surface area contributed by atoms with E-state index in [1.165, 1.54) is 66.3 Å². The minimum Gasteiger partial charge on any atom is -0.309 e. The fraction of sp³-hybridized carbons (Fsp3) is 0. The molecule has 3 nitrogen and oxygen atoms in total. The molecule has 0 saturated heterocycles. The standard InChI is InChI=1S/C47H29N3/c1-2-13-33-32(12-1)34-14-3-4-16-36(34)38-25-23-30(28-41(38)37-17-6-5-15-35(33)37)49-43-20-9-7-18-39(43)42-29-31(24-26-45(42)49)50-44-21-10-8-19-40(44)47-46(50)22-11-27-48-47/h1-29H. The van der Waals surface area contributed by atoms with Gasteiger partial charge in [-0.25, -0.2) is 0 Å². The summed E-state index contributed by atoms with van der Waals surface area (Å²) in [5, 5.41) is 3.62. The van der Waals surface area contributed by atoms with E-state index >= 15 is 0 Å². The van der Waals surface area contributed by atoms with E-state index in [1.807, 2.05) is 12.3 Å². The van der Waals surface area contributed by atoms with Crippen LogP contribution in [0.25, 0.3) is 99.6 Å². The van der Waals surface area contributed by atoms with E-state index in [9.17, 15) is 0 Å². The van der Waals surface area contributed by atoms with E-state index in [0.29, 0.717) is 0 Å². The molecule has 0 amide bonds. The van der Waals surface area contributed by atoms with Crippen LogP contribution in [0.5, 0.6) is 0 Å². The number of nitrogens with zero attached hydrogens (tertiary/aromatic N) is 3. The summed E-state index contributed by atoms with van der Waals surface area (Å²) in [7, 11) is 0. The summed E-state index contributed by atoms with van der Waals surface area (Å²) in [6, 6.07) is 62.0. The van der Waals surface area contributed by atoms with Gasteiger partial charge in [-0.05, 0) is 99.1 Å². The fourth-order valence-corrected chi connectivity index (χ4v) is 8.43. The molecule has 0 spiro atoms. The van der Waals surface area contributed by atoms with Gasteiger partial charge in [0, 0.05) is 33.7 Å². The van der Waals surface area contributed by atoms with Crippen molar-refractivity contribution in [3.63, 3.8) is 0 Å². The second-order valence-corrected chi connectivity index (χ2v) is 13.1. The van der Waals surface area contributed by atoms with Crippen LogP contribution in [0.4, 0.5) is 0 Å². The van der Waals surface area contributed by atoms with E-state index < -0.39 is 0 Å². The normalized spacial score (nSPS) is 12.0. The molecule has 0 atom stereocenters. The zero-order valence-electron chi connectivity index (χ0n) is 27.1.